The van der Waals surface area contributed by atoms with Gasteiger partial charge in [-0.25, -0.2) is 0 Å². The van der Waals surface area contributed by atoms with Crippen molar-refractivity contribution >= 4 is 17.5 Å². The van der Waals surface area contributed by atoms with E-state index in [0.29, 0.717) is 11.0 Å². The topological polar surface area (TPSA) is 17.1 Å². The molecular weight excluding hydrogens is 240 g/mol. The molecule has 1 rings (SSSR count). The van der Waals surface area contributed by atoms with Crippen molar-refractivity contribution in [2.24, 2.45) is 0 Å². The molecule has 1 aliphatic rings. The third kappa shape index (κ3) is 7.45. The first-order valence-corrected chi connectivity index (χ1v) is 9.03. The van der Waals surface area contributed by atoms with Crippen molar-refractivity contribution in [3.05, 3.63) is 0 Å². The number of Topliss-reactive ketones (excluding diaryl/α,β-unsaturated/α-hetero) is 1. The van der Waals surface area contributed by atoms with Gasteiger partial charge < -0.3 is 0 Å². The van der Waals surface area contributed by atoms with E-state index in [1.54, 1.807) is 0 Å². The molecule has 2 heteroatoms. The molecule has 1 atom stereocenters. The molecule has 1 fully saturated rings. The normalized spacial score (nSPS) is 19.6. The van der Waals surface area contributed by atoms with Crippen LogP contribution in [0.25, 0.3) is 0 Å². The molecule has 1 saturated carbocycles. The van der Waals surface area contributed by atoms with E-state index in [4.69, 9.17) is 0 Å². The van der Waals surface area contributed by atoms with E-state index in [1.165, 1.54) is 63.5 Å². The zero-order valence-corrected chi connectivity index (χ0v) is 12.9. The van der Waals surface area contributed by atoms with Gasteiger partial charge in [0.15, 0.2) is 0 Å². The van der Waals surface area contributed by atoms with Crippen LogP contribution >= 0.6 is 11.8 Å². The van der Waals surface area contributed by atoms with E-state index in [9.17, 15) is 4.79 Å². The molecular formula is C16H30OS. The highest BCUT2D eigenvalue weighted by Crippen LogP contribution is 2.27. The molecule has 0 saturated heterocycles. The Morgan fingerprint density at radius 1 is 1.00 bits per heavy atom. The molecule has 0 N–H and O–H groups in total. The van der Waals surface area contributed by atoms with Crippen LogP contribution in [-0.4, -0.2) is 16.8 Å². The maximum atomic E-state index is 11.4. The Bertz CT molecular complexity index is 215. The second-order valence-electron chi connectivity index (χ2n) is 5.55. The molecule has 18 heavy (non-hydrogen) atoms. The lowest BCUT2D eigenvalue weighted by Gasteiger charge is -2.07. The first-order valence-electron chi connectivity index (χ1n) is 7.99. The van der Waals surface area contributed by atoms with Gasteiger partial charge in [0, 0.05) is 6.42 Å². The minimum absolute atomic E-state index is 0.360. The summed E-state index contributed by atoms with van der Waals surface area (Å²) in [6.45, 7) is 2.27. The van der Waals surface area contributed by atoms with Crippen LogP contribution in [0.3, 0.4) is 0 Å². The summed E-state index contributed by atoms with van der Waals surface area (Å²) in [5.41, 5.74) is 0. The number of ketones is 1. The Kier molecular flexibility index (Phi) is 9.73. The van der Waals surface area contributed by atoms with Crippen molar-refractivity contribution < 1.29 is 4.79 Å². The maximum absolute atomic E-state index is 11.4. The lowest BCUT2D eigenvalue weighted by Crippen LogP contribution is -2.08. The molecule has 1 aliphatic carbocycles. The summed E-state index contributed by atoms with van der Waals surface area (Å²) in [5, 5.41) is 0.360. The number of unbranched alkanes of at least 4 members (excludes halogenated alkanes) is 8. The van der Waals surface area contributed by atoms with E-state index in [2.05, 4.69) is 6.92 Å². The van der Waals surface area contributed by atoms with Gasteiger partial charge in [-0.05, 0) is 25.0 Å². The quantitative estimate of drug-likeness (QED) is 0.469. The summed E-state index contributed by atoms with van der Waals surface area (Å²) < 4.78 is 0. The largest absolute Gasteiger partial charge is 0.298 e. The molecule has 1 nitrogen and oxygen atoms in total. The molecule has 0 aliphatic heterocycles. The smallest absolute Gasteiger partial charge is 0.145 e. The van der Waals surface area contributed by atoms with Crippen LogP contribution in [0.2, 0.25) is 0 Å². The average Bonchev–Trinajstić information content (AvgIpc) is 2.77. The maximum Gasteiger partial charge on any atom is 0.145 e. The zero-order chi connectivity index (χ0) is 13.1. The van der Waals surface area contributed by atoms with Crippen molar-refractivity contribution in [2.45, 2.75) is 89.2 Å². The summed E-state index contributed by atoms with van der Waals surface area (Å²) in [6, 6.07) is 0. The fourth-order valence-corrected chi connectivity index (χ4v) is 3.89. The van der Waals surface area contributed by atoms with Crippen LogP contribution in [0.4, 0.5) is 0 Å². The number of thioether (sulfide) groups is 1. The molecule has 106 valence electrons. The van der Waals surface area contributed by atoms with Crippen LogP contribution in [-0.2, 0) is 4.79 Å². The van der Waals surface area contributed by atoms with Gasteiger partial charge in [-0.1, -0.05) is 58.3 Å². The summed E-state index contributed by atoms with van der Waals surface area (Å²) in [6.07, 6.45) is 15.6. The third-order valence-electron chi connectivity index (χ3n) is 3.82. The first-order chi connectivity index (χ1) is 8.84. The predicted molar refractivity (Wildman–Crippen MR) is 82.3 cm³/mol. The highest BCUT2D eigenvalue weighted by atomic mass is 32.2. The highest BCUT2D eigenvalue weighted by molar-refractivity contribution is 8.00. The lowest BCUT2D eigenvalue weighted by atomic mass is 10.1. The van der Waals surface area contributed by atoms with Gasteiger partial charge >= 0.3 is 0 Å². The molecule has 0 spiro atoms. The molecule has 0 amide bonds. The van der Waals surface area contributed by atoms with Gasteiger partial charge in [-0.15, -0.1) is 0 Å². The fourth-order valence-electron chi connectivity index (χ4n) is 2.60. The van der Waals surface area contributed by atoms with E-state index >= 15 is 0 Å². The van der Waals surface area contributed by atoms with Crippen LogP contribution < -0.4 is 0 Å². The lowest BCUT2D eigenvalue weighted by molar-refractivity contribution is -0.116. The van der Waals surface area contributed by atoms with E-state index in [-0.39, 0.29) is 0 Å². The van der Waals surface area contributed by atoms with Crippen LogP contribution in [0, 0.1) is 0 Å². The summed E-state index contributed by atoms with van der Waals surface area (Å²) in [4.78, 5) is 11.4. The van der Waals surface area contributed by atoms with Gasteiger partial charge in [0.05, 0.1) is 5.25 Å². The van der Waals surface area contributed by atoms with Crippen LogP contribution in [0.1, 0.15) is 84.0 Å². The van der Waals surface area contributed by atoms with E-state index in [0.717, 1.165) is 19.3 Å². The Hall–Kier alpha value is 0.0200. The molecule has 0 bridgehead atoms. The van der Waals surface area contributed by atoms with Crippen molar-refractivity contribution in [3.8, 4) is 0 Å². The Morgan fingerprint density at radius 2 is 1.61 bits per heavy atom. The number of hydrogen-bond donors (Lipinski definition) is 0. The summed E-state index contributed by atoms with van der Waals surface area (Å²) in [7, 11) is 0. The number of carbonyl (C=O) groups is 1. The van der Waals surface area contributed by atoms with Crippen molar-refractivity contribution in [2.75, 3.05) is 5.75 Å². The van der Waals surface area contributed by atoms with Crippen molar-refractivity contribution in [1.82, 2.24) is 0 Å². The number of rotatable bonds is 11. The monoisotopic (exact) mass is 270 g/mol. The zero-order valence-electron chi connectivity index (χ0n) is 12.1. The highest BCUT2D eigenvalue weighted by Gasteiger charge is 2.23. The van der Waals surface area contributed by atoms with Gasteiger partial charge in [-0.2, -0.15) is 11.8 Å². The van der Waals surface area contributed by atoms with Gasteiger partial charge in [-0.3, -0.25) is 4.79 Å². The second kappa shape index (κ2) is 10.9. The Balaban J connectivity index is 1.77. The SMILES string of the molecule is CCCCCCCCCCCSC1CCCC1=O. The molecule has 0 heterocycles. The van der Waals surface area contributed by atoms with Crippen LogP contribution in [0.5, 0.6) is 0 Å². The molecule has 0 aromatic carbocycles. The Labute approximate surface area is 117 Å². The van der Waals surface area contributed by atoms with Crippen molar-refractivity contribution in [1.29, 1.82) is 0 Å². The van der Waals surface area contributed by atoms with Gasteiger partial charge in [0.25, 0.3) is 0 Å². The Morgan fingerprint density at radius 3 is 2.17 bits per heavy atom. The van der Waals surface area contributed by atoms with Gasteiger partial charge in [0.1, 0.15) is 5.78 Å². The summed E-state index contributed by atoms with van der Waals surface area (Å²) in [5.74, 6) is 1.71. The minimum Gasteiger partial charge on any atom is -0.298 e. The first kappa shape index (κ1) is 16.1. The molecule has 0 aromatic rings. The van der Waals surface area contributed by atoms with Crippen LogP contribution in [0.15, 0.2) is 0 Å². The standard InChI is InChI=1S/C16H30OS/c1-2-3-4-5-6-7-8-9-10-14-18-16-13-11-12-15(16)17/h16H,2-14H2,1H3. The van der Waals surface area contributed by atoms with Gasteiger partial charge in [0.2, 0.25) is 0 Å². The number of carbonyl (C=O) groups excluding carboxylic acids is 1. The number of hydrogen-bond acceptors (Lipinski definition) is 2. The molecule has 0 aromatic heterocycles. The fraction of sp³-hybridized carbons (Fsp3) is 0.938. The van der Waals surface area contributed by atoms with E-state index in [1.807, 2.05) is 11.8 Å². The van der Waals surface area contributed by atoms with Crippen molar-refractivity contribution in [3.63, 3.8) is 0 Å². The third-order valence-corrected chi connectivity index (χ3v) is 5.24. The average molecular weight is 270 g/mol. The summed E-state index contributed by atoms with van der Waals surface area (Å²) >= 11 is 1.92. The second-order valence-corrected chi connectivity index (χ2v) is 6.86. The minimum atomic E-state index is 0.360. The van der Waals surface area contributed by atoms with E-state index < -0.39 is 0 Å². The predicted octanol–water partition coefficient (Wildman–Crippen LogP) is 5.37. The molecule has 1 unspecified atom stereocenters. The molecule has 0 radical (unpaired) electrons.